The molecule has 0 aliphatic carbocycles. The molecule has 0 aliphatic heterocycles. The van der Waals surface area contributed by atoms with Gasteiger partial charge in [0.15, 0.2) is 33.1 Å². The fourth-order valence-electron chi connectivity index (χ4n) is 2.41. The lowest BCUT2D eigenvalue weighted by Gasteiger charge is -2.14. The van der Waals surface area contributed by atoms with Gasteiger partial charge >= 0.3 is 0 Å². The van der Waals surface area contributed by atoms with Gasteiger partial charge in [0.25, 0.3) is 0 Å². The Hall–Kier alpha value is -2.82. The maximum absolute atomic E-state index is 13.7. The van der Waals surface area contributed by atoms with Crippen LogP contribution in [0.1, 0.15) is 11.1 Å². The third-order valence-corrected chi connectivity index (χ3v) is 5.09. The first-order valence-electron chi connectivity index (χ1n) is 7.77. The van der Waals surface area contributed by atoms with Gasteiger partial charge in [-0.2, -0.15) is 0 Å². The lowest BCUT2D eigenvalue weighted by atomic mass is 10.1. The second-order valence-electron chi connectivity index (χ2n) is 5.60. The van der Waals surface area contributed by atoms with E-state index in [4.69, 9.17) is 14.2 Å². The maximum atomic E-state index is 13.7. The van der Waals surface area contributed by atoms with Crippen LogP contribution in [0.25, 0.3) is 6.08 Å². The van der Waals surface area contributed by atoms with Gasteiger partial charge < -0.3 is 14.2 Å². The van der Waals surface area contributed by atoms with Gasteiger partial charge in [0.2, 0.25) is 5.82 Å². The third kappa shape index (κ3) is 4.61. The number of hydrogen-bond acceptors (Lipinski definition) is 5. The molecule has 0 saturated carbocycles. The molecule has 0 radical (unpaired) electrons. The molecule has 0 unspecified atom stereocenters. The van der Waals surface area contributed by atoms with E-state index in [2.05, 4.69) is 0 Å². The molecule has 0 N–H and O–H groups in total. The second-order valence-corrected chi connectivity index (χ2v) is 7.49. The molecule has 0 spiro atoms. The van der Waals surface area contributed by atoms with Crippen molar-refractivity contribution in [2.75, 3.05) is 21.3 Å². The largest absolute Gasteiger partial charge is 0.496 e. The summed E-state index contributed by atoms with van der Waals surface area (Å²) in [6.45, 7) is 0. The standard InChI is InChI=1S/C18H15F5O5S/c1-26-9-6-12(27-2)11(13(7-9)28-3)8-29(24,25)5-4-10-14(19)16(21)18(23)17(22)15(10)20/h4-7H,8H2,1-3H3/b5-4-. The summed E-state index contributed by atoms with van der Waals surface area (Å²) in [6, 6.07) is 2.78. The van der Waals surface area contributed by atoms with Crippen LogP contribution < -0.4 is 14.2 Å². The van der Waals surface area contributed by atoms with Gasteiger partial charge in [-0.1, -0.05) is 0 Å². The normalized spacial score (nSPS) is 11.7. The lowest BCUT2D eigenvalue weighted by Crippen LogP contribution is -2.06. The molecule has 0 amide bonds. The summed E-state index contributed by atoms with van der Waals surface area (Å²) >= 11 is 0. The van der Waals surface area contributed by atoms with Crippen molar-refractivity contribution in [1.29, 1.82) is 0 Å². The van der Waals surface area contributed by atoms with Crippen molar-refractivity contribution in [3.8, 4) is 17.2 Å². The minimum Gasteiger partial charge on any atom is -0.496 e. The van der Waals surface area contributed by atoms with Crippen molar-refractivity contribution in [2.24, 2.45) is 0 Å². The van der Waals surface area contributed by atoms with Gasteiger partial charge in [-0.15, -0.1) is 0 Å². The molecule has 2 aromatic carbocycles. The third-order valence-electron chi connectivity index (χ3n) is 3.85. The predicted molar refractivity (Wildman–Crippen MR) is 94.0 cm³/mol. The molecule has 0 fully saturated rings. The quantitative estimate of drug-likeness (QED) is 0.372. The molecule has 0 aliphatic rings. The maximum Gasteiger partial charge on any atom is 0.200 e. The van der Waals surface area contributed by atoms with E-state index in [1.165, 1.54) is 33.5 Å². The van der Waals surface area contributed by atoms with Gasteiger partial charge in [-0.3, -0.25) is 0 Å². The Balaban J connectivity index is 2.47. The van der Waals surface area contributed by atoms with E-state index in [1.807, 2.05) is 0 Å². The number of rotatable bonds is 7. The van der Waals surface area contributed by atoms with Crippen molar-refractivity contribution in [2.45, 2.75) is 5.75 Å². The molecule has 2 aromatic rings. The molecule has 0 aromatic heterocycles. The van der Waals surface area contributed by atoms with Gasteiger partial charge in [0, 0.05) is 17.5 Å². The van der Waals surface area contributed by atoms with Crippen molar-refractivity contribution >= 4 is 15.9 Å². The SMILES string of the molecule is COc1cc(OC)c(CS(=O)(=O)/C=C\c2c(F)c(F)c(F)c(F)c2F)c(OC)c1. The minimum atomic E-state index is -4.24. The predicted octanol–water partition coefficient (Wildman–Crippen LogP) is 3.99. The highest BCUT2D eigenvalue weighted by atomic mass is 32.2. The van der Waals surface area contributed by atoms with Gasteiger partial charge in [-0.25, -0.2) is 30.4 Å². The minimum absolute atomic E-state index is 0.0675. The van der Waals surface area contributed by atoms with Crippen molar-refractivity contribution in [3.63, 3.8) is 0 Å². The number of halogens is 5. The zero-order chi connectivity index (χ0) is 21.9. The monoisotopic (exact) mass is 438 g/mol. The smallest absolute Gasteiger partial charge is 0.200 e. The van der Waals surface area contributed by atoms with Crippen molar-refractivity contribution < 1.29 is 44.6 Å². The zero-order valence-corrected chi connectivity index (χ0v) is 16.2. The number of sulfone groups is 1. The molecule has 11 heteroatoms. The van der Waals surface area contributed by atoms with Crippen LogP contribution in [0, 0.1) is 29.1 Å². The summed E-state index contributed by atoms with van der Waals surface area (Å²) in [5.41, 5.74) is -1.31. The van der Waals surface area contributed by atoms with Crippen LogP contribution >= 0.6 is 0 Å². The Morgan fingerprint density at radius 1 is 0.793 bits per heavy atom. The molecule has 0 bridgehead atoms. The summed E-state index contributed by atoms with van der Waals surface area (Å²) in [5, 5.41) is 0.342. The van der Waals surface area contributed by atoms with Crippen LogP contribution in [0.4, 0.5) is 22.0 Å². The first-order chi connectivity index (χ1) is 13.6. The Morgan fingerprint density at radius 3 is 1.66 bits per heavy atom. The van der Waals surface area contributed by atoms with E-state index in [0.29, 0.717) is 17.2 Å². The summed E-state index contributed by atoms with van der Waals surface area (Å²) in [7, 11) is -0.322. The van der Waals surface area contributed by atoms with E-state index in [9.17, 15) is 30.4 Å². The van der Waals surface area contributed by atoms with Crippen LogP contribution in [0.2, 0.25) is 0 Å². The Labute approximate surface area is 163 Å². The van der Waals surface area contributed by atoms with Crippen molar-refractivity contribution in [1.82, 2.24) is 0 Å². The van der Waals surface area contributed by atoms with E-state index < -0.39 is 50.2 Å². The highest BCUT2D eigenvalue weighted by Gasteiger charge is 2.25. The first kappa shape index (κ1) is 22.5. The Morgan fingerprint density at radius 2 is 1.24 bits per heavy atom. The van der Waals surface area contributed by atoms with Crippen LogP contribution in [0.5, 0.6) is 17.2 Å². The van der Waals surface area contributed by atoms with Crippen molar-refractivity contribution in [3.05, 3.63) is 57.8 Å². The average molecular weight is 438 g/mol. The molecule has 2 rings (SSSR count). The second kappa shape index (κ2) is 8.68. The van der Waals surface area contributed by atoms with Crippen LogP contribution in [-0.2, 0) is 15.6 Å². The fraction of sp³-hybridized carbons (Fsp3) is 0.222. The van der Waals surface area contributed by atoms with Crippen LogP contribution in [0.3, 0.4) is 0 Å². The zero-order valence-electron chi connectivity index (χ0n) is 15.4. The number of benzene rings is 2. The molecule has 5 nitrogen and oxygen atoms in total. The van der Waals surface area contributed by atoms with Crippen LogP contribution in [-0.4, -0.2) is 29.7 Å². The van der Waals surface area contributed by atoms with E-state index in [1.54, 1.807) is 0 Å². The number of hydrogen-bond donors (Lipinski definition) is 0. The molecule has 158 valence electrons. The van der Waals surface area contributed by atoms with Crippen LogP contribution in [0.15, 0.2) is 17.5 Å². The van der Waals surface area contributed by atoms with Gasteiger partial charge in [-0.05, 0) is 6.08 Å². The fourth-order valence-corrected chi connectivity index (χ4v) is 3.54. The molecule has 29 heavy (non-hydrogen) atoms. The number of ether oxygens (including phenoxy) is 3. The van der Waals surface area contributed by atoms with E-state index >= 15 is 0 Å². The Bertz CT molecular complexity index is 1010. The molecule has 0 atom stereocenters. The molecule has 0 saturated heterocycles. The summed E-state index contributed by atoms with van der Waals surface area (Å²) < 4.78 is 107. The molecular weight excluding hydrogens is 423 g/mol. The number of methoxy groups -OCH3 is 3. The molecular formula is C18H15F5O5S. The average Bonchev–Trinajstić information content (AvgIpc) is 2.70. The highest BCUT2D eigenvalue weighted by Crippen LogP contribution is 2.35. The lowest BCUT2D eigenvalue weighted by molar-refractivity contribution is 0.370. The van der Waals surface area contributed by atoms with E-state index in [0.717, 1.165) is 0 Å². The topological polar surface area (TPSA) is 61.8 Å². The molecule has 0 heterocycles. The summed E-state index contributed by atoms with van der Waals surface area (Å²) in [6.07, 6.45) is 0.300. The van der Waals surface area contributed by atoms with Gasteiger partial charge in [0.1, 0.15) is 17.2 Å². The first-order valence-corrected chi connectivity index (χ1v) is 9.49. The van der Waals surface area contributed by atoms with Gasteiger partial charge in [0.05, 0.1) is 38.2 Å². The Kier molecular flexibility index (Phi) is 6.73. The highest BCUT2D eigenvalue weighted by molar-refractivity contribution is 7.93. The summed E-state index contributed by atoms with van der Waals surface area (Å²) in [5.74, 6) is -11.2. The summed E-state index contributed by atoms with van der Waals surface area (Å²) in [4.78, 5) is 0. The van der Waals surface area contributed by atoms with E-state index in [-0.39, 0.29) is 17.1 Å².